The number of carbonyl (C=O) groups is 1. The molecule has 0 saturated carbocycles. The van der Waals surface area contributed by atoms with Gasteiger partial charge in [-0.2, -0.15) is 0 Å². The number of hydrogen-bond donors (Lipinski definition) is 1. The molecule has 0 aromatic heterocycles. The van der Waals surface area contributed by atoms with Crippen molar-refractivity contribution in [3.05, 3.63) is 35.4 Å². The molecular formula is C14H19F2NO2. The van der Waals surface area contributed by atoms with E-state index in [4.69, 9.17) is 5.11 Å². The minimum Gasteiger partial charge on any atom is -0.481 e. The van der Waals surface area contributed by atoms with E-state index in [-0.39, 0.29) is 24.6 Å². The predicted octanol–water partition coefficient (Wildman–Crippen LogP) is 3.04. The fraction of sp³-hybridized carbons (Fsp3) is 0.500. The monoisotopic (exact) mass is 271 g/mol. The van der Waals surface area contributed by atoms with E-state index in [2.05, 4.69) is 0 Å². The van der Waals surface area contributed by atoms with E-state index in [0.29, 0.717) is 13.0 Å². The highest BCUT2D eigenvalue weighted by molar-refractivity contribution is 5.66. The van der Waals surface area contributed by atoms with Crippen molar-refractivity contribution in [3.8, 4) is 0 Å². The second-order valence-corrected chi connectivity index (χ2v) is 4.76. The summed E-state index contributed by atoms with van der Waals surface area (Å²) >= 11 is 0. The molecule has 106 valence electrons. The van der Waals surface area contributed by atoms with E-state index < -0.39 is 17.6 Å². The van der Waals surface area contributed by atoms with Crippen LogP contribution in [0.3, 0.4) is 0 Å². The number of hydrogen-bond acceptors (Lipinski definition) is 2. The van der Waals surface area contributed by atoms with Crippen LogP contribution in [0.1, 0.15) is 32.3 Å². The van der Waals surface area contributed by atoms with Crippen molar-refractivity contribution in [2.24, 2.45) is 0 Å². The molecule has 1 aromatic carbocycles. The predicted molar refractivity (Wildman–Crippen MR) is 68.8 cm³/mol. The molecule has 1 rings (SSSR count). The lowest BCUT2D eigenvalue weighted by Crippen LogP contribution is -2.32. The molecule has 3 nitrogen and oxygen atoms in total. The highest BCUT2D eigenvalue weighted by Gasteiger charge is 2.16. The Balaban J connectivity index is 2.70. The average molecular weight is 271 g/mol. The Morgan fingerprint density at radius 3 is 2.37 bits per heavy atom. The summed E-state index contributed by atoms with van der Waals surface area (Å²) in [6, 6.07) is 3.88. The van der Waals surface area contributed by atoms with Gasteiger partial charge in [0.15, 0.2) is 0 Å². The van der Waals surface area contributed by atoms with Gasteiger partial charge in [-0.15, -0.1) is 0 Å². The van der Waals surface area contributed by atoms with E-state index in [1.54, 1.807) is 0 Å². The van der Waals surface area contributed by atoms with Crippen LogP contribution in [0.15, 0.2) is 18.2 Å². The van der Waals surface area contributed by atoms with Crippen LogP contribution in [0.25, 0.3) is 0 Å². The van der Waals surface area contributed by atoms with Crippen molar-refractivity contribution in [3.63, 3.8) is 0 Å². The van der Waals surface area contributed by atoms with Crippen LogP contribution in [0.4, 0.5) is 8.78 Å². The fourth-order valence-corrected chi connectivity index (χ4v) is 1.84. The van der Waals surface area contributed by atoms with Crippen molar-refractivity contribution >= 4 is 5.97 Å². The Bertz CT molecular complexity index is 415. The first-order valence-corrected chi connectivity index (χ1v) is 6.30. The van der Waals surface area contributed by atoms with E-state index in [9.17, 15) is 13.6 Å². The number of halogens is 2. The van der Waals surface area contributed by atoms with Gasteiger partial charge in [0.1, 0.15) is 11.6 Å². The molecule has 1 aromatic rings. The Morgan fingerprint density at radius 2 is 1.89 bits per heavy atom. The lowest BCUT2D eigenvalue weighted by molar-refractivity contribution is -0.137. The third kappa shape index (κ3) is 4.95. The third-order valence-corrected chi connectivity index (χ3v) is 2.99. The molecule has 5 heteroatoms. The van der Waals surface area contributed by atoms with Crippen molar-refractivity contribution in [1.29, 1.82) is 0 Å². The van der Waals surface area contributed by atoms with E-state index in [1.807, 2.05) is 18.7 Å². The van der Waals surface area contributed by atoms with E-state index in [0.717, 1.165) is 0 Å². The van der Waals surface area contributed by atoms with Crippen molar-refractivity contribution in [2.75, 3.05) is 6.54 Å². The maximum atomic E-state index is 13.6. The molecule has 1 N–H and O–H groups in total. The summed E-state index contributed by atoms with van der Waals surface area (Å²) in [4.78, 5) is 12.3. The maximum Gasteiger partial charge on any atom is 0.303 e. The SMILES string of the molecule is CC(C)N(CCCC(=O)O)Cc1c(F)cccc1F. The third-order valence-electron chi connectivity index (χ3n) is 2.99. The second kappa shape index (κ2) is 7.19. The van der Waals surface area contributed by atoms with Gasteiger partial charge in [0.05, 0.1) is 0 Å². The van der Waals surface area contributed by atoms with Gasteiger partial charge < -0.3 is 5.11 Å². The second-order valence-electron chi connectivity index (χ2n) is 4.76. The molecular weight excluding hydrogens is 252 g/mol. The Kier molecular flexibility index (Phi) is 5.89. The molecule has 19 heavy (non-hydrogen) atoms. The molecule has 0 saturated heterocycles. The highest BCUT2D eigenvalue weighted by atomic mass is 19.1. The summed E-state index contributed by atoms with van der Waals surface area (Å²) < 4.78 is 27.1. The summed E-state index contributed by atoms with van der Waals surface area (Å²) in [6.45, 7) is 4.48. The van der Waals surface area contributed by atoms with E-state index in [1.165, 1.54) is 18.2 Å². The number of carboxylic acid groups (broad SMARTS) is 1. The van der Waals surface area contributed by atoms with Gasteiger partial charge in [0.2, 0.25) is 0 Å². The smallest absolute Gasteiger partial charge is 0.303 e. The fourth-order valence-electron chi connectivity index (χ4n) is 1.84. The zero-order valence-electron chi connectivity index (χ0n) is 11.2. The van der Waals surface area contributed by atoms with Crippen LogP contribution in [0, 0.1) is 11.6 Å². The van der Waals surface area contributed by atoms with Crippen molar-refractivity contribution < 1.29 is 18.7 Å². The zero-order valence-corrected chi connectivity index (χ0v) is 11.2. The van der Waals surface area contributed by atoms with Gasteiger partial charge in [0.25, 0.3) is 0 Å². The molecule has 0 fully saturated rings. The summed E-state index contributed by atoms with van der Waals surface area (Å²) in [7, 11) is 0. The molecule has 0 bridgehead atoms. The molecule has 0 aliphatic carbocycles. The highest BCUT2D eigenvalue weighted by Crippen LogP contribution is 2.16. The zero-order chi connectivity index (χ0) is 14.4. The molecule has 0 atom stereocenters. The molecule has 0 unspecified atom stereocenters. The van der Waals surface area contributed by atoms with Crippen LogP contribution in [0.2, 0.25) is 0 Å². The quantitative estimate of drug-likeness (QED) is 0.828. The Morgan fingerprint density at radius 1 is 1.32 bits per heavy atom. The summed E-state index contributed by atoms with van der Waals surface area (Å²) in [5.41, 5.74) is 0.0338. The minimum atomic E-state index is -0.860. The topological polar surface area (TPSA) is 40.5 Å². The molecule has 0 aliphatic rings. The minimum absolute atomic E-state index is 0.0338. The molecule has 0 heterocycles. The standard InChI is InChI=1S/C14H19F2NO2/c1-10(2)17(8-4-7-14(18)19)9-11-12(15)5-3-6-13(11)16/h3,5-6,10H,4,7-9H2,1-2H3,(H,18,19). The first-order valence-electron chi connectivity index (χ1n) is 6.30. The molecule has 0 aliphatic heterocycles. The van der Waals surface area contributed by atoms with Crippen molar-refractivity contribution in [1.82, 2.24) is 4.90 Å². The van der Waals surface area contributed by atoms with Gasteiger partial charge >= 0.3 is 5.97 Å². The van der Waals surface area contributed by atoms with E-state index >= 15 is 0 Å². The lowest BCUT2D eigenvalue weighted by Gasteiger charge is -2.26. The number of nitrogens with zero attached hydrogens (tertiary/aromatic N) is 1. The van der Waals surface area contributed by atoms with Gasteiger partial charge in [-0.25, -0.2) is 8.78 Å². The van der Waals surface area contributed by atoms with Crippen LogP contribution in [0.5, 0.6) is 0 Å². The van der Waals surface area contributed by atoms with Crippen LogP contribution < -0.4 is 0 Å². The van der Waals surface area contributed by atoms with Gasteiger partial charge in [-0.05, 0) is 38.9 Å². The Hall–Kier alpha value is -1.49. The molecule has 0 spiro atoms. The van der Waals surface area contributed by atoms with Crippen LogP contribution in [-0.2, 0) is 11.3 Å². The molecule has 0 amide bonds. The number of carboxylic acids is 1. The van der Waals surface area contributed by atoms with Crippen molar-refractivity contribution in [2.45, 2.75) is 39.3 Å². The maximum absolute atomic E-state index is 13.6. The number of benzene rings is 1. The normalized spacial score (nSPS) is 11.3. The largest absolute Gasteiger partial charge is 0.481 e. The molecule has 0 radical (unpaired) electrons. The number of aliphatic carboxylic acids is 1. The summed E-state index contributed by atoms with van der Waals surface area (Å²) in [5, 5.41) is 8.60. The first kappa shape index (κ1) is 15.6. The average Bonchev–Trinajstić information content (AvgIpc) is 2.31. The van der Waals surface area contributed by atoms with Gasteiger partial charge in [0, 0.05) is 24.6 Å². The first-order chi connectivity index (χ1) is 8.91. The summed E-state index contributed by atoms with van der Waals surface area (Å²) in [6.07, 6.45) is 0.520. The van der Waals surface area contributed by atoms with Crippen LogP contribution in [-0.4, -0.2) is 28.6 Å². The summed E-state index contributed by atoms with van der Waals surface area (Å²) in [5.74, 6) is -1.99. The lowest BCUT2D eigenvalue weighted by atomic mass is 10.1. The Labute approximate surface area is 111 Å². The van der Waals surface area contributed by atoms with Gasteiger partial charge in [-0.1, -0.05) is 6.07 Å². The van der Waals surface area contributed by atoms with Gasteiger partial charge in [-0.3, -0.25) is 9.69 Å². The van der Waals surface area contributed by atoms with Crippen LogP contribution >= 0.6 is 0 Å². The number of rotatable bonds is 7.